The Hall–Kier alpha value is -1.38. The molecule has 0 heterocycles. The van der Waals surface area contributed by atoms with Crippen molar-refractivity contribution < 1.29 is 5.11 Å². The molecule has 2 rings (SSSR count). The van der Waals surface area contributed by atoms with Crippen molar-refractivity contribution in [1.82, 2.24) is 0 Å². The van der Waals surface area contributed by atoms with Crippen LogP contribution in [0, 0.1) is 6.92 Å². The van der Waals surface area contributed by atoms with Crippen LogP contribution in [-0.4, -0.2) is 13.2 Å². The lowest BCUT2D eigenvalue weighted by atomic mass is 10.1. The molecular weight excluding hydrogens is 236 g/mol. The molecule has 0 fully saturated rings. The summed E-state index contributed by atoms with van der Waals surface area (Å²) in [5.41, 5.74) is 1.88. The zero-order valence-corrected chi connectivity index (χ0v) is 12.2. The second kappa shape index (κ2) is 5.08. The molecule has 0 spiro atoms. The van der Waals surface area contributed by atoms with Gasteiger partial charge in [-0.05, 0) is 18.1 Å². The zero-order valence-electron chi connectivity index (χ0n) is 11.2. The van der Waals surface area contributed by atoms with Crippen LogP contribution >= 0.6 is 0 Å². The van der Waals surface area contributed by atoms with Gasteiger partial charge in [0.2, 0.25) is 0 Å². The zero-order chi connectivity index (χ0) is 13.2. The molecule has 0 amide bonds. The van der Waals surface area contributed by atoms with E-state index < -0.39 is 8.07 Å². The van der Waals surface area contributed by atoms with Crippen molar-refractivity contribution in [1.29, 1.82) is 0 Å². The van der Waals surface area contributed by atoms with Gasteiger partial charge in [-0.25, -0.2) is 0 Å². The molecule has 2 heteroatoms. The van der Waals surface area contributed by atoms with Gasteiger partial charge in [0.15, 0.2) is 0 Å². The summed E-state index contributed by atoms with van der Waals surface area (Å²) in [6, 6.07) is 18.5. The number of rotatable bonds is 3. The first-order valence-corrected chi connectivity index (χ1v) is 9.40. The van der Waals surface area contributed by atoms with Gasteiger partial charge < -0.3 is 5.11 Å². The molecule has 2 aromatic rings. The highest BCUT2D eigenvalue weighted by molar-refractivity contribution is 6.90. The van der Waals surface area contributed by atoms with Crippen molar-refractivity contribution >= 4 is 13.3 Å². The van der Waals surface area contributed by atoms with E-state index in [4.69, 9.17) is 0 Å². The third kappa shape index (κ3) is 2.40. The van der Waals surface area contributed by atoms with Crippen LogP contribution in [0.3, 0.4) is 0 Å². The number of aliphatic hydroxyl groups excluding tert-OH is 1. The lowest BCUT2D eigenvalue weighted by Crippen LogP contribution is -2.47. The van der Waals surface area contributed by atoms with Crippen LogP contribution in [0.1, 0.15) is 16.9 Å². The average molecular weight is 256 g/mol. The predicted molar refractivity (Wildman–Crippen MR) is 79.7 cm³/mol. The van der Waals surface area contributed by atoms with Crippen molar-refractivity contribution in [3.63, 3.8) is 0 Å². The molecule has 1 nitrogen and oxygen atoms in total. The molecule has 0 aliphatic heterocycles. The molecule has 0 radical (unpaired) electrons. The Morgan fingerprint density at radius 3 is 2.06 bits per heavy atom. The van der Waals surface area contributed by atoms with Gasteiger partial charge in [-0.1, -0.05) is 72.9 Å². The van der Waals surface area contributed by atoms with Gasteiger partial charge in [0.1, 0.15) is 8.07 Å². The number of aliphatic hydroxyl groups is 1. The summed E-state index contributed by atoms with van der Waals surface area (Å²) in [6.07, 6.45) is 0. The number of benzene rings is 2. The Morgan fingerprint density at radius 1 is 0.889 bits per heavy atom. The van der Waals surface area contributed by atoms with E-state index in [1.807, 2.05) is 24.3 Å². The molecule has 0 bridgehead atoms. The summed E-state index contributed by atoms with van der Waals surface area (Å²) in [5.74, 6) is 0. The molecule has 0 aromatic heterocycles. The van der Waals surface area contributed by atoms with Gasteiger partial charge in [0.05, 0.1) is 5.73 Å². The molecule has 18 heavy (non-hydrogen) atoms. The van der Waals surface area contributed by atoms with E-state index >= 15 is 0 Å². The van der Waals surface area contributed by atoms with E-state index in [0.29, 0.717) is 0 Å². The fourth-order valence-corrected chi connectivity index (χ4v) is 4.78. The van der Waals surface area contributed by atoms with Gasteiger partial charge in [0, 0.05) is 0 Å². The summed E-state index contributed by atoms with van der Waals surface area (Å²) in [7, 11) is -1.90. The fraction of sp³-hybridized carbons (Fsp3) is 0.250. The molecule has 0 unspecified atom stereocenters. The fourth-order valence-electron chi connectivity index (χ4n) is 2.31. The molecule has 0 saturated heterocycles. The molecule has 0 aliphatic carbocycles. The third-order valence-corrected chi connectivity index (χ3v) is 7.18. The van der Waals surface area contributed by atoms with Gasteiger partial charge in [-0.15, -0.1) is 0 Å². The number of aryl methyl sites for hydroxylation is 1. The summed E-state index contributed by atoms with van der Waals surface area (Å²) in [5, 5.41) is 12.0. The maximum Gasteiger partial charge on any atom is 0.118 e. The Bertz CT molecular complexity index is 520. The highest BCUT2D eigenvalue weighted by atomic mass is 28.3. The lowest BCUT2D eigenvalue weighted by molar-refractivity contribution is 0.250. The Morgan fingerprint density at radius 2 is 1.44 bits per heavy atom. The van der Waals surface area contributed by atoms with Gasteiger partial charge >= 0.3 is 0 Å². The summed E-state index contributed by atoms with van der Waals surface area (Å²) >= 11 is 0. The highest BCUT2D eigenvalue weighted by Crippen LogP contribution is 2.26. The lowest BCUT2D eigenvalue weighted by Gasteiger charge is -2.30. The Labute approximate surface area is 110 Å². The molecule has 0 aliphatic rings. The van der Waals surface area contributed by atoms with Crippen LogP contribution in [0.25, 0.3) is 0 Å². The van der Waals surface area contributed by atoms with E-state index in [2.05, 4.69) is 50.3 Å². The Kier molecular flexibility index (Phi) is 3.69. The SMILES string of the molecule is Cc1ccccc1[C@@H](O)[Si](C)(C)c1ccccc1. The average Bonchev–Trinajstić information content (AvgIpc) is 2.39. The van der Waals surface area contributed by atoms with Crippen molar-refractivity contribution in [3.05, 3.63) is 65.7 Å². The predicted octanol–water partition coefficient (Wildman–Crippen LogP) is 3.18. The van der Waals surface area contributed by atoms with Gasteiger partial charge in [-0.2, -0.15) is 0 Å². The molecule has 1 atom stereocenters. The second-order valence-corrected chi connectivity index (χ2v) is 9.91. The van der Waals surface area contributed by atoms with Crippen molar-refractivity contribution in [2.75, 3.05) is 0 Å². The van der Waals surface area contributed by atoms with Gasteiger partial charge in [-0.3, -0.25) is 0 Å². The van der Waals surface area contributed by atoms with Gasteiger partial charge in [0.25, 0.3) is 0 Å². The smallest absolute Gasteiger partial charge is 0.118 e. The standard InChI is InChI=1S/C16H20OSi/c1-13-9-7-8-12-15(13)16(17)18(2,3)14-10-5-4-6-11-14/h4-12,16-17H,1-3H3/t16-/m0/s1. The third-order valence-electron chi connectivity index (χ3n) is 3.68. The maximum atomic E-state index is 10.7. The first kappa shape index (κ1) is 13.1. The summed E-state index contributed by atoms with van der Waals surface area (Å²) < 4.78 is 0. The molecular formula is C16H20OSi. The Balaban J connectivity index is 2.39. The van der Waals surface area contributed by atoms with Crippen LogP contribution in [0.4, 0.5) is 0 Å². The summed E-state index contributed by atoms with van der Waals surface area (Å²) in [4.78, 5) is 0. The van der Waals surface area contributed by atoms with E-state index in [9.17, 15) is 5.11 Å². The molecule has 94 valence electrons. The normalized spacial score (nSPS) is 13.3. The van der Waals surface area contributed by atoms with E-state index in [1.54, 1.807) is 0 Å². The summed E-state index contributed by atoms with van der Waals surface area (Å²) in [6.45, 7) is 6.51. The van der Waals surface area contributed by atoms with Crippen LogP contribution in [0.2, 0.25) is 13.1 Å². The first-order chi connectivity index (χ1) is 8.53. The second-order valence-electron chi connectivity index (χ2n) is 5.35. The molecule has 0 saturated carbocycles. The van der Waals surface area contributed by atoms with Crippen molar-refractivity contribution in [3.8, 4) is 0 Å². The van der Waals surface area contributed by atoms with Crippen LogP contribution in [-0.2, 0) is 0 Å². The highest BCUT2D eigenvalue weighted by Gasteiger charge is 2.34. The molecule has 2 aromatic carbocycles. The quantitative estimate of drug-likeness (QED) is 0.836. The van der Waals surface area contributed by atoms with Crippen molar-refractivity contribution in [2.45, 2.75) is 25.7 Å². The first-order valence-electron chi connectivity index (χ1n) is 6.32. The number of hydrogen-bond donors (Lipinski definition) is 1. The maximum absolute atomic E-state index is 10.7. The minimum absolute atomic E-state index is 0.360. The van der Waals surface area contributed by atoms with E-state index in [1.165, 1.54) is 10.8 Å². The number of hydrogen-bond acceptors (Lipinski definition) is 1. The van der Waals surface area contributed by atoms with Crippen LogP contribution in [0.15, 0.2) is 54.6 Å². The topological polar surface area (TPSA) is 20.2 Å². The van der Waals surface area contributed by atoms with E-state index in [-0.39, 0.29) is 5.73 Å². The molecule has 1 N–H and O–H groups in total. The largest absolute Gasteiger partial charge is 0.392 e. The van der Waals surface area contributed by atoms with Crippen LogP contribution in [0.5, 0.6) is 0 Å². The monoisotopic (exact) mass is 256 g/mol. The van der Waals surface area contributed by atoms with Crippen LogP contribution < -0.4 is 5.19 Å². The van der Waals surface area contributed by atoms with Crippen molar-refractivity contribution in [2.24, 2.45) is 0 Å². The minimum Gasteiger partial charge on any atom is -0.392 e. The van der Waals surface area contributed by atoms with E-state index in [0.717, 1.165) is 5.56 Å². The minimum atomic E-state index is -1.90.